The molecule has 0 nitrogen and oxygen atoms in total. The Morgan fingerprint density at radius 2 is 0.755 bits per heavy atom. The third-order valence-corrected chi connectivity index (χ3v) is 10.7. The van der Waals surface area contributed by atoms with Gasteiger partial charge in [-0.3, -0.25) is 0 Å². The highest BCUT2D eigenvalue weighted by atomic mass is 32.1. The maximum atomic E-state index is 2.43. The Morgan fingerprint density at radius 1 is 0.245 bits per heavy atom. The molecule has 0 N–H and O–H groups in total. The smallest absolute Gasteiger partial charge is 0.0349 e. The maximum Gasteiger partial charge on any atom is 0.0349 e. The summed E-state index contributed by atoms with van der Waals surface area (Å²) in [7, 11) is 0. The first-order valence-corrected chi connectivity index (χ1v) is 17.6. The predicted molar refractivity (Wildman–Crippen MR) is 212 cm³/mol. The molecule has 0 radical (unpaired) electrons. The number of hydrogen-bond acceptors (Lipinski definition) is 1. The largest absolute Gasteiger partial charge is 0.135 e. The van der Waals surface area contributed by atoms with E-state index in [1.54, 1.807) is 0 Å². The Balaban J connectivity index is 1.35. The van der Waals surface area contributed by atoms with Gasteiger partial charge in [0.15, 0.2) is 0 Å². The third kappa shape index (κ3) is 5.35. The van der Waals surface area contributed by atoms with Crippen molar-refractivity contribution in [3.05, 3.63) is 194 Å². The van der Waals surface area contributed by atoms with Gasteiger partial charge in [-0.05, 0) is 101 Å². The molecular formula is C48H32S. The van der Waals surface area contributed by atoms with Crippen LogP contribution in [0.15, 0.2) is 194 Å². The average molecular weight is 641 g/mol. The van der Waals surface area contributed by atoms with Gasteiger partial charge >= 0.3 is 0 Å². The van der Waals surface area contributed by atoms with Gasteiger partial charge in [-0.25, -0.2) is 0 Å². The second-order valence-electron chi connectivity index (χ2n) is 12.4. The van der Waals surface area contributed by atoms with E-state index in [0.717, 1.165) is 0 Å². The summed E-state index contributed by atoms with van der Waals surface area (Å²) < 4.78 is 0. The molecule has 0 unspecified atom stereocenters. The standard InChI is InChI=1S/C48H32S/c1-4-15-33(16-5-1)36-21-14-22-38(31-36)47-41-25-12-13-26-42(41)48(40-24-11-10-23-39(40)34-17-6-2-7-18-34)44-32-37(27-28-43(44)47)46-30-29-45(49-46)35-19-8-3-9-20-35/h1-32H. The minimum atomic E-state index is 1.22. The van der Waals surface area contributed by atoms with Crippen molar-refractivity contribution in [1.29, 1.82) is 0 Å². The Labute approximate surface area is 291 Å². The highest BCUT2D eigenvalue weighted by Gasteiger charge is 2.20. The van der Waals surface area contributed by atoms with Crippen LogP contribution >= 0.6 is 11.3 Å². The molecule has 0 atom stereocenters. The Bertz CT molecular complexity index is 2580. The normalized spacial score (nSPS) is 11.3. The van der Waals surface area contributed by atoms with Crippen LogP contribution in [0.4, 0.5) is 0 Å². The van der Waals surface area contributed by atoms with Gasteiger partial charge in [0, 0.05) is 9.75 Å². The van der Waals surface area contributed by atoms with Crippen LogP contribution in [0.5, 0.6) is 0 Å². The molecule has 0 aliphatic carbocycles. The number of rotatable bonds is 6. The molecule has 0 bridgehead atoms. The SMILES string of the molecule is c1ccc(-c2cccc(-c3c4ccccc4c(-c4ccccc4-c4ccccc4)c4cc(-c5ccc(-c6ccccc6)s5)ccc34)c2)cc1. The molecule has 1 aromatic heterocycles. The molecular weight excluding hydrogens is 609 g/mol. The molecule has 8 aromatic carbocycles. The van der Waals surface area contributed by atoms with Crippen LogP contribution in [0.2, 0.25) is 0 Å². The van der Waals surface area contributed by atoms with Crippen molar-refractivity contribution >= 4 is 32.9 Å². The van der Waals surface area contributed by atoms with Crippen molar-refractivity contribution < 1.29 is 0 Å². The predicted octanol–water partition coefficient (Wildman–Crippen LogP) is 14.1. The van der Waals surface area contributed by atoms with E-state index >= 15 is 0 Å². The Morgan fingerprint density at radius 3 is 1.47 bits per heavy atom. The Kier molecular flexibility index (Phi) is 7.46. The Hall–Kier alpha value is -6.02. The highest BCUT2D eigenvalue weighted by Crippen LogP contribution is 2.48. The molecule has 0 aliphatic heterocycles. The van der Waals surface area contributed by atoms with Gasteiger partial charge in [0.1, 0.15) is 0 Å². The summed E-state index contributed by atoms with van der Waals surface area (Å²) in [5.41, 5.74) is 12.4. The minimum Gasteiger partial charge on any atom is -0.135 e. The number of benzene rings is 8. The molecule has 9 rings (SSSR count). The molecule has 1 heterocycles. The van der Waals surface area contributed by atoms with E-state index in [-0.39, 0.29) is 0 Å². The number of thiophene rings is 1. The lowest BCUT2D eigenvalue weighted by molar-refractivity contribution is 1.60. The second kappa shape index (κ2) is 12.5. The van der Waals surface area contributed by atoms with Crippen LogP contribution in [0.1, 0.15) is 0 Å². The van der Waals surface area contributed by atoms with Gasteiger partial charge in [-0.2, -0.15) is 0 Å². The summed E-state index contributed by atoms with van der Waals surface area (Å²) in [4.78, 5) is 2.55. The summed E-state index contributed by atoms with van der Waals surface area (Å²) in [5, 5.41) is 5.03. The van der Waals surface area contributed by atoms with Gasteiger partial charge in [0.2, 0.25) is 0 Å². The molecule has 49 heavy (non-hydrogen) atoms. The zero-order chi connectivity index (χ0) is 32.6. The zero-order valence-electron chi connectivity index (χ0n) is 26.9. The van der Waals surface area contributed by atoms with E-state index < -0.39 is 0 Å². The quantitative estimate of drug-likeness (QED) is 0.159. The van der Waals surface area contributed by atoms with E-state index in [4.69, 9.17) is 0 Å². The monoisotopic (exact) mass is 640 g/mol. The summed E-state index contributed by atoms with van der Waals surface area (Å²) in [5.74, 6) is 0. The van der Waals surface area contributed by atoms with Crippen molar-refractivity contribution in [3.8, 4) is 65.4 Å². The molecule has 0 fully saturated rings. The van der Waals surface area contributed by atoms with Crippen LogP contribution in [0.3, 0.4) is 0 Å². The first kappa shape index (κ1) is 29.1. The zero-order valence-corrected chi connectivity index (χ0v) is 27.7. The molecule has 9 aromatic rings. The van der Waals surface area contributed by atoms with E-state index in [1.165, 1.54) is 86.9 Å². The molecule has 0 amide bonds. The molecule has 0 spiro atoms. The van der Waals surface area contributed by atoms with E-state index in [1.807, 2.05) is 11.3 Å². The van der Waals surface area contributed by atoms with Crippen molar-refractivity contribution in [1.82, 2.24) is 0 Å². The van der Waals surface area contributed by atoms with E-state index in [0.29, 0.717) is 0 Å². The highest BCUT2D eigenvalue weighted by molar-refractivity contribution is 7.18. The summed E-state index contributed by atoms with van der Waals surface area (Å²) in [6.45, 7) is 0. The molecule has 0 saturated heterocycles. The van der Waals surface area contributed by atoms with Gasteiger partial charge in [0.25, 0.3) is 0 Å². The fourth-order valence-electron chi connectivity index (χ4n) is 7.24. The van der Waals surface area contributed by atoms with Crippen LogP contribution in [0.25, 0.3) is 86.9 Å². The average Bonchev–Trinajstić information content (AvgIpc) is 3.69. The fraction of sp³-hybridized carbons (Fsp3) is 0. The summed E-state index contributed by atoms with van der Waals surface area (Å²) in [6, 6.07) is 70.7. The van der Waals surface area contributed by atoms with Gasteiger partial charge in [0.05, 0.1) is 0 Å². The maximum absolute atomic E-state index is 2.43. The lowest BCUT2D eigenvalue weighted by atomic mass is 9.83. The first-order valence-electron chi connectivity index (χ1n) is 16.8. The molecule has 0 aliphatic rings. The van der Waals surface area contributed by atoms with E-state index in [9.17, 15) is 0 Å². The topological polar surface area (TPSA) is 0 Å². The van der Waals surface area contributed by atoms with Gasteiger partial charge < -0.3 is 0 Å². The fourth-order valence-corrected chi connectivity index (χ4v) is 8.25. The summed E-state index contributed by atoms with van der Waals surface area (Å²) in [6.07, 6.45) is 0. The number of hydrogen-bond donors (Lipinski definition) is 0. The first-order chi connectivity index (χ1) is 24.3. The van der Waals surface area contributed by atoms with Crippen LogP contribution in [-0.2, 0) is 0 Å². The van der Waals surface area contributed by atoms with Gasteiger partial charge in [-0.15, -0.1) is 11.3 Å². The van der Waals surface area contributed by atoms with Crippen LogP contribution in [0, 0.1) is 0 Å². The van der Waals surface area contributed by atoms with Crippen molar-refractivity contribution in [2.24, 2.45) is 0 Å². The van der Waals surface area contributed by atoms with Crippen molar-refractivity contribution in [2.45, 2.75) is 0 Å². The van der Waals surface area contributed by atoms with E-state index in [2.05, 4.69) is 194 Å². The molecule has 230 valence electrons. The lowest BCUT2D eigenvalue weighted by Crippen LogP contribution is -1.93. The van der Waals surface area contributed by atoms with Crippen molar-refractivity contribution in [2.75, 3.05) is 0 Å². The van der Waals surface area contributed by atoms with Crippen LogP contribution in [-0.4, -0.2) is 0 Å². The number of fused-ring (bicyclic) bond motifs is 2. The molecule has 0 saturated carbocycles. The van der Waals surface area contributed by atoms with Crippen LogP contribution < -0.4 is 0 Å². The minimum absolute atomic E-state index is 1.22. The van der Waals surface area contributed by atoms with Gasteiger partial charge in [-0.1, -0.05) is 170 Å². The lowest BCUT2D eigenvalue weighted by Gasteiger charge is -2.20. The summed E-state index contributed by atoms with van der Waals surface area (Å²) >= 11 is 1.85. The second-order valence-corrected chi connectivity index (χ2v) is 13.5. The third-order valence-electron chi connectivity index (χ3n) is 9.51. The molecule has 1 heteroatoms. The van der Waals surface area contributed by atoms with Crippen molar-refractivity contribution in [3.63, 3.8) is 0 Å².